The molecule has 4 atom stereocenters. The van der Waals surface area contributed by atoms with Crippen LogP contribution in [0.5, 0.6) is 0 Å². The number of aliphatic carboxylic acids is 1. The smallest absolute Gasteiger partial charge is 0.326 e. The number of carboxylic acid groups (broad SMARTS) is 1. The normalized spacial score (nSPS) is 30.4. The molecule has 1 heterocycles. The number of carboxylic acids is 1. The topological polar surface area (TPSA) is 69.6 Å². The molecule has 4 unspecified atom stereocenters. The number of hydrogen-bond acceptors (Lipinski definition) is 2. The van der Waals surface area contributed by atoms with Crippen LogP contribution in [0.2, 0.25) is 0 Å². The van der Waals surface area contributed by atoms with Gasteiger partial charge in [-0.25, -0.2) is 9.59 Å². The van der Waals surface area contributed by atoms with E-state index in [1.165, 1.54) is 6.42 Å². The molecule has 2 rings (SSSR count). The lowest BCUT2D eigenvalue weighted by Gasteiger charge is -2.47. The van der Waals surface area contributed by atoms with Crippen LogP contribution in [0.15, 0.2) is 0 Å². The number of fused-ring (bicyclic) bond motifs is 1. The predicted octanol–water partition coefficient (Wildman–Crippen LogP) is 2.99. The molecule has 0 radical (unpaired) electrons. The number of amides is 2. The van der Waals surface area contributed by atoms with E-state index in [-0.39, 0.29) is 18.1 Å². The summed E-state index contributed by atoms with van der Waals surface area (Å²) in [5, 5.41) is 12.5. The number of piperidine rings is 1. The Hall–Kier alpha value is -1.26. The summed E-state index contributed by atoms with van der Waals surface area (Å²) in [6, 6.07) is -0.624. The van der Waals surface area contributed by atoms with E-state index in [9.17, 15) is 14.7 Å². The van der Waals surface area contributed by atoms with Crippen molar-refractivity contribution < 1.29 is 14.7 Å². The van der Waals surface area contributed by atoms with Crippen molar-refractivity contribution in [3.05, 3.63) is 0 Å². The highest BCUT2D eigenvalue weighted by molar-refractivity contribution is 5.83. The molecule has 0 aromatic carbocycles. The van der Waals surface area contributed by atoms with Crippen LogP contribution in [0, 0.1) is 5.92 Å². The Balaban J connectivity index is 2.12. The lowest BCUT2D eigenvalue weighted by atomic mass is 9.76. The van der Waals surface area contributed by atoms with Crippen LogP contribution in [0.25, 0.3) is 0 Å². The Morgan fingerprint density at radius 2 is 1.95 bits per heavy atom. The first-order valence-corrected chi connectivity index (χ1v) is 8.36. The monoisotopic (exact) mass is 296 g/mol. The van der Waals surface area contributed by atoms with Gasteiger partial charge in [-0.05, 0) is 44.9 Å². The number of likely N-dealkylation sites (tertiary alicyclic amines) is 1. The number of carbonyl (C=O) groups excluding carboxylic acids is 1. The zero-order chi connectivity index (χ0) is 15.4. The number of nitrogens with zero attached hydrogens (tertiary/aromatic N) is 1. The van der Waals surface area contributed by atoms with Crippen molar-refractivity contribution in [3.8, 4) is 0 Å². The minimum absolute atomic E-state index is 0.0981. The Bertz CT molecular complexity index is 386. The van der Waals surface area contributed by atoms with Crippen molar-refractivity contribution in [2.75, 3.05) is 0 Å². The molecule has 0 aromatic heterocycles. The molecule has 21 heavy (non-hydrogen) atoms. The fourth-order valence-electron chi connectivity index (χ4n) is 3.96. The van der Waals surface area contributed by atoms with Crippen LogP contribution in [0.1, 0.15) is 65.2 Å². The maximum absolute atomic E-state index is 12.6. The summed E-state index contributed by atoms with van der Waals surface area (Å²) in [4.78, 5) is 25.8. The third-order valence-corrected chi connectivity index (χ3v) is 4.98. The number of urea groups is 1. The Kier molecular flexibility index (Phi) is 5.48. The molecule has 2 amide bonds. The largest absolute Gasteiger partial charge is 0.480 e. The molecule has 0 aromatic rings. The lowest BCUT2D eigenvalue weighted by Crippen LogP contribution is -2.60. The summed E-state index contributed by atoms with van der Waals surface area (Å²) in [6.07, 6.45) is 7.85. The fourth-order valence-corrected chi connectivity index (χ4v) is 3.96. The van der Waals surface area contributed by atoms with Crippen molar-refractivity contribution in [3.63, 3.8) is 0 Å². The van der Waals surface area contributed by atoms with E-state index >= 15 is 0 Å². The maximum atomic E-state index is 12.6. The summed E-state index contributed by atoms with van der Waals surface area (Å²) < 4.78 is 0. The number of rotatable bonds is 4. The second-order valence-electron chi connectivity index (χ2n) is 6.59. The van der Waals surface area contributed by atoms with Crippen molar-refractivity contribution in [2.45, 2.75) is 83.3 Å². The third-order valence-electron chi connectivity index (χ3n) is 4.98. The van der Waals surface area contributed by atoms with E-state index in [1.807, 2.05) is 6.92 Å². The zero-order valence-corrected chi connectivity index (χ0v) is 13.2. The standard InChI is InChI=1S/C16H28N2O3/c1-3-6-11(2)17-16(21)18-13-8-5-4-7-12(13)9-10-14(18)15(19)20/h11-14H,3-10H2,1-2H3,(H,17,21)(H,19,20). The third kappa shape index (κ3) is 3.69. The van der Waals surface area contributed by atoms with Crippen LogP contribution < -0.4 is 5.32 Å². The van der Waals surface area contributed by atoms with Crippen molar-refractivity contribution >= 4 is 12.0 Å². The van der Waals surface area contributed by atoms with E-state index in [4.69, 9.17) is 0 Å². The Morgan fingerprint density at radius 3 is 2.62 bits per heavy atom. The highest BCUT2D eigenvalue weighted by atomic mass is 16.4. The molecule has 2 fully saturated rings. The maximum Gasteiger partial charge on any atom is 0.326 e. The highest BCUT2D eigenvalue weighted by Gasteiger charge is 2.43. The van der Waals surface area contributed by atoms with Gasteiger partial charge in [-0.15, -0.1) is 0 Å². The number of nitrogens with one attached hydrogen (secondary N) is 1. The van der Waals surface area contributed by atoms with E-state index < -0.39 is 12.0 Å². The van der Waals surface area contributed by atoms with Gasteiger partial charge in [0.25, 0.3) is 0 Å². The highest BCUT2D eigenvalue weighted by Crippen LogP contribution is 2.38. The Morgan fingerprint density at radius 1 is 1.24 bits per heavy atom. The molecule has 1 saturated heterocycles. The van der Waals surface area contributed by atoms with Gasteiger partial charge in [-0.3, -0.25) is 0 Å². The van der Waals surface area contributed by atoms with Gasteiger partial charge in [0.05, 0.1) is 0 Å². The van der Waals surface area contributed by atoms with Crippen LogP contribution in [-0.2, 0) is 4.79 Å². The first-order chi connectivity index (χ1) is 10.0. The Labute approximate surface area is 127 Å². The second-order valence-corrected chi connectivity index (χ2v) is 6.59. The van der Waals surface area contributed by atoms with Gasteiger partial charge < -0.3 is 15.3 Å². The molecule has 1 saturated carbocycles. The van der Waals surface area contributed by atoms with Crippen molar-refractivity contribution in [2.24, 2.45) is 5.92 Å². The molecular formula is C16H28N2O3. The minimum Gasteiger partial charge on any atom is -0.480 e. The zero-order valence-electron chi connectivity index (χ0n) is 13.2. The molecule has 5 nitrogen and oxygen atoms in total. The van der Waals surface area contributed by atoms with Gasteiger partial charge in [0, 0.05) is 12.1 Å². The van der Waals surface area contributed by atoms with Crippen LogP contribution >= 0.6 is 0 Å². The number of carbonyl (C=O) groups is 2. The molecule has 2 N–H and O–H groups in total. The number of hydrogen-bond donors (Lipinski definition) is 2. The molecule has 120 valence electrons. The van der Waals surface area contributed by atoms with Gasteiger partial charge in [0.1, 0.15) is 6.04 Å². The van der Waals surface area contributed by atoms with Crippen molar-refractivity contribution in [1.29, 1.82) is 0 Å². The van der Waals surface area contributed by atoms with E-state index in [0.29, 0.717) is 12.3 Å². The van der Waals surface area contributed by atoms with Crippen molar-refractivity contribution in [1.82, 2.24) is 10.2 Å². The first kappa shape index (κ1) is 16.1. The average molecular weight is 296 g/mol. The lowest BCUT2D eigenvalue weighted by molar-refractivity contribution is -0.145. The van der Waals surface area contributed by atoms with Crippen LogP contribution in [0.3, 0.4) is 0 Å². The first-order valence-electron chi connectivity index (χ1n) is 8.36. The van der Waals surface area contributed by atoms with E-state index in [1.54, 1.807) is 4.90 Å². The molecule has 1 aliphatic carbocycles. The van der Waals surface area contributed by atoms with Gasteiger partial charge in [-0.1, -0.05) is 26.2 Å². The predicted molar refractivity (Wildman–Crippen MR) is 81.1 cm³/mol. The van der Waals surface area contributed by atoms with Gasteiger partial charge in [0.15, 0.2) is 0 Å². The SMILES string of the molecule is CCCC(C)NC(=O)N1C(C(=O)O)CCC2CCCCC21. The van der Waals surface area contributed by atoms with Gasteiger partial charge in [0.2, 0.25) is 0 Å². The second kappa shape index (κ2) is 7.14. The van der Waals surface area contributed by atoms with Gasteiger partial charge >= 0.3 is 12.0 Å². The summed E-state index contributed by atoms with van der Waals surface area (Å²) in [6.45, 7) is 4.07. The summed E-state index contributed by atoms with van der Waals surface area (Å²) >= 11 is 0. The van der Waals surface area contributed by atoms with E-state index in [0.717, 1.165) is 38.5 Å². The average Bonchev–Trinajstić information content (AvgIpc) is 2.45. The van der Waals surface area contributed by atoms with E-state index in [2.05, 4.69) is 12.2 Å². The molecule has 1 aliphatic heterocycles. The summed E-state index contributed by atoms with van der Waals surface area (Å²) in [5.41, 5.74) is 0. The summed E-state index contributed by atoms with van der Waals surface area (Å²) in [7, 11) is 0. The molecule has 0 spiro atoms. The molecule has 5 heteroatoms. The molecule has 2 aliphatic rings. The van der Waals surface area contributed by atoms with Gasteiger partial charge in [-0.2, -0.15) is 0 Å². The minimum atomic E-state index is -0.864. The quantitative estimate of drug-likeness (QED) is 0.838. The fraction of sp³-hybridized carbons (Fsp3) is 0.875. The molecular weight excluding hydrogens is 268 g/mol. The molecule has 0 bridgehead atoms. The summed E-state index contributed by atoms with van der Waals surface area (Å²) in [5.74, 6) is -0.376. The van der Waals surface area contributed by atoms with Crippen LogP contribution in [-0.4, -0.2) is 40.1 Å². The van der Waals surface area contributed by atoms with Crippen LogP contribution in [0.4, 0.5) is 4.79 Å².